The van der Waals surface area contributed by atoms with Crippen molar-refractivity contribution in [2.24, 2.45) is 5.73 Å². The van der Waals surface area contributed by atoms with Crippen molar-refractivity contribution < 1.29 is 19.7 Å². The van der Waals surface area contributed by atoms with Gasteiger partial charge in [0.1, 0.15) is 12.7 Å². The fourth-order valence-electron chi connectivity index (χ4n) is 0.495. The number of aliphatic hydroxyl groups is 1. The van der Waals surface area contributed by atoms with E-state index in [9.17, 15) is 0 Å². The summed E-state index contributed by atoms with van der Waals surface area (Å²) in [6, 6.07) is 0. The standard InChI is InChI=1S/C6H16N2O4/c1-10-4-6(9)5-11-12-8-3-2-7/h6,8-9H,2-5,7H2,1H3. The van der Waals surface area contributed by atoms with E-state index in [1.807, 2.05) is 0 Å². The molecule has 0 aliphatic heterocycles. The second kappa shape index (κ2) is 8.85. The summed E-state index contributed by atoms with van der Waals surface area (Å²) in [6.45, 7) is 1.25. The highest BCUT2D eigenvalue weighted by atomic mass is 17.3. The first-order chi connectivity index (χ1) is 5.81. The van der Waals surface area contributed by atoms with Crippen LogP contribution in [0, 0.1) is 0 Å². The average molecular weight is 180 g/mol. The minimum atomic E-state index is -0.672. The van der Waals surface area contributed by atoms with Gasteiger partial charge in [-0.15, -0.1) is 4.99 Å². The molecule has 6 nitrogen and oxygen atoms in total. The maximum atomic E-state index is 9.02. The van der Waals surface area contributed by atoms with Crippen LogP contribution in [0.5, 0.6) is 0 Å². The van der Waals surface area contributed by atoms with Crippen molar-refractivity contribution in [3.05, 3.63) is 0 Å². The van der Waals surface area contributed by atoms with Crippen LogP contribution in [0.4, 0.5) is 0 Å². The van der Waals surface area contributed by atoms with Gasteiger partial charge in [-0.3, -0.25) is 0 Å². The molecule has 0 saturated heterocycles. The van der Waals surface area contributed by atoms with Crippen molar-refractivity contribution >= 4 is 0 Å². The van der Waals surface area contributed by atoms with Gasteiger partial charge in [-0.05, 0) is 0 Å². The molecule has 0 aromatic heterocycles. The van der Waals surface area contributed by atoms with E-state index in [2.05, 4.69) is 20.1 Å². The van der Waals surface area contributed by atoms with E-state index < -0.39 is 6.10 Å². The smallest absolute Gasteiger partial charge is 0.112 e. The van der Waals surface area contributed by atoms with Gasteiger partial charge < -0.3 is 15.6 Å². The number of nitrogens with two attached hydrogens (primary N) is 1. The molecule has 74 valence electrons. The van der Waals surface area contributed by atoms with Crippen LogP contribution in [0.2, 0.25) is 0 Å². The number of ether oxygens (including phenoxy) is 1. The molecule has 0 rings (SSSR count). The third-order valence-corrected chi connectivity index (χ3v) is 0.984. The summed E-state index contributed by atoms with van der Waals surface area (Å²) >= 11 is 0. The molecule has 12 heavy (non-hydrogen) atoms. The van der Waals surface area contributed by atoms with Crippen LogP contribution in [0.1, 0.15) is 0 Å². The molecule has 0 aromatic rings. The first-order valence-corrected chi connectivity index (χ1v) is 3.69. The van der Waals surface area contributed by atoms with E-state index in [-0.39, 0.29) is 13.2 Å². The first-order valence-electron chi connectivity index (χ1n) is 3.69. The van der Waals surface area contributed by atoms with E-state index in [1.54, 1.807) is 0 Å². The number of rotatable bonds is 8. The third kappa shape index (κ3) is 7.86. The lowest BCUT2D eigenvalue weighted by Gasteiger charge is -2.08. The van der Waals surface area contributed by atoms with Crippen molar-refractivity contribution in [2.75, 3.05) is 33.4 Å². The van der Waals surface area contributed by atoms with Gasteiger partial charge in [0.2, 0.25) is 0 Å². The van der Waals surface area contributed by atoms with Crippen LogP contribution in [-0.2, 0) is 14.6 Å². The van der Waals surface area contributed by atoms with Crippen molar-refractivity contribution in [2.45, 2.75) is 6.10 Å². The topological polar surface area (TPSA) is 86.0 Å². The van der Waals surface area contributed by atoms with Gasteiger partial charge in [-0.25, -0.2) is 4.89 Å². The van der Waals surface area contributed by atoms with E-state index in [1.165, 1.54) is 7.11 Å². The molecular formula is C6H16N2O4. The van der Waals surface area contributed by atoms with Gasteiger partial charge in [0.15, 0.2) is 0 Å². The Morgan fingerprint density at radius 1 is 1.50 bits per heavy atom. The third-order valence-electron chi connectivity index (χ3n) is 0.984. The molecule has 1 unspecified atom stereocenters. The van der Waals surface area contributed by atoms with Crippen LogP contribution in [0.3, 0.4) is 0 Å². The Hall–Kier alpha value is -0.240. The SMILES string of the molecule is COCC(O)COONCCN. The Morgan fingerprint density at radius 3 is 2.83 bits per heavy atom. The zero-order chi connectivity index (χ0) is 9.23. The molecule has 0 bridgehead atoms. The molecular weight excluding hydrogens is 164 g/mol. The number of hydroxylamine groups is 1. The summed E-state index contributed by atoms with van der Waals surface area (Å²) < 4.78 is 4.66. The highest BCUT2D eigenvalue weighted by molar-refractivity contribution is 4.47. The molecule has 0 amide bonds. The van der Waals surface area contributed by atoms with E-state index in [4.69, 9.17) is 10.8 Å². The maximum absolute atomic E-state index is 9.02. The van der Waals surface area contributed by atoms with Crippen LogP contribution < -0.4 is 11.2 Å². The molecule has 0 aliphatic carbocycles. The van der Waals surface area contributed by atoms with Crippen molar-refractivity contribution in [1.29, 1.82) is 0 Å². The molecule has 0 spiro atoms. The Morgan fingerprint density at radius 2 is 2.25 bits per heavy atom. The predicted molar refractivity (Wildman–Crippen MR) is 42.0 cm³/mol. The number of methoxy groups -OCH3 is 1. The zero-order valence-electron chi connectivity index (χ0n) is 7.16. The van der Waals surface area contributed by atoms with Crippen LogP contribution >= 0.6 is 0 Å². The summed E-state index contributed by atoms with van der Waals surface area (Å²) in [5, 5.41) is 9.02. The Labute approximate surface area is 71.5 Å². The normalized spacial score (nSPS) is 13.2. The molecule has 4 N–H and O–H groups in total. The number of nitrogens with one attached hydrogen (secondary N) is 1. The van der Waals surface area contributed by atoms with Gasteiger partial charge in [0, 0.05) is 20.2 Å². The molecule has 0 heterocycles. The number of hydrogen-bond acceptors (Lipinski definition) is 6. The summed E-state index contributed by atoms with van der Waals surface area (Å²) in [5.41, 5.74) is 7.58. The highest BCUT2D eigenvalue weighted by Gasteiger charge is 2.02. The Kier molecular flexibility index (Phi) is 8.68. The van der Waals surface area contributed by atoms with Crippen molar-refractivity contribution in [1.82, 2.24) is 5.48 Å². The molecule has 6 heteroatoms. The van der Waals surface area contributed by atoms with Gasteiger partial charge >= 0.3 is 0 Å². The lowest BCUT2D eigenvalue weighted by atomic mass is 10.4. The van der Waals surface area contributed by atoms with E-state index >= 15 is 0 Å². The lowest BCUT2D eigenvalue weighted by molar-refractivity contribution is -0.345. The zero-order valence-corrected chi connectivity index (χ0v) is 7.16. The number of aliphatic hydroxyl groups excluding tert-OH is 1. The monoisotopic (exact) mass is 180 g/mol. The maximum Gasteiger partial charge on any atom is 0.112 e. The largest absolute Gasteiger partial charge is 0.388 e. The highest BCUT2D eigenvalue weighted by Crippen LogP contribution is 1.85. The fraction of sp³-hybridized carbons (Fsp3) is 1.00. The van der Waals surface area contributed by atoms with Crippen LogP contribution in [-0.4, -0.2) is 44.6 Å². The van der Waals surface area contributed by atoms with E-state index in [0.717, 1.165) is 0 Å². The van der Waals surface area contributed by atoms with Gasteiger partial charge in [-0.1, -0.05) is 0 Å². The van der Waals surface area contributed by atoms with Crippen LogP contribution in [0.15, 0.2) is 0 Å². The van der Waals surface area contributed by atoms with Crippen LogP contribution in [0.25, 0.3) is 0 Å². The second-order valence-electron chi connectivity index (χ2n) is 2.16. The molecule has 0 radical (unpaired) electrons. The Bertz CT molecular complexity index is 93.6. The van der Waals surface area contributed by atoms with Gasteiger partial charge in [0.25, 0.3) is 0 Å². The van der Waals surface area contributed by atoms with Gasteiger partial charge in [-0.2, -0.15) is 5.48 Å². The second-order valence-corrected chi connectivity index (χ2v) is 2.16. The summed E-state index contributed by atoms with van der Waals surface area (Å²) in [4.78, 5) is 9.00. The Balaban J connectivity index is 2.97. The predicted octanol–water partition coefficient (Wildman–Crippen LogP) is -1.59. The molecule has 0 aliphatic rings. The lowest BCUT2D eigenvalue weighted by Crippen LogP contribution is -2.26. The quantitative estimate of drug-likeness (QED) is 0.237. The average Bonchev–Trinajstić information content (AvgIpc) is 2.05. The first kappa shape index (κ1) is 11.8. The van der Waals surface area contributed by atoms with Crippen molar-refractivity contribution in [3.8, 4) is 0 Å². The van der Waals surface area contributed by atoms with Gasteiger partial charge in [0.05, 0.1) is 6.61 Å². The summed E-state index contributed by atoms with van der Waals surface area (Å²) in [5.74, 6) is 0. The minimum absolute atomic E-state index is 0.0609. The molecule has 0 saturated carbocycles. The fourth-order valence-corrected chi connectivity index (χ4v) is 0.495. The summed E-state index contributed by atoms with van der Waals surface area (Å²) in [6.07, 6.45) is -0.672. The molecule has 1 atom stereocenters. The van der Waals surface area contributed by atoms with Crippen molar-refractivity contribution in [3.63, 3.8) is 0 Å². The summed E-state index contributed by atoms with van der Waals surface area (Å²) in [7, 11) is 1.50. The van der Waals surface area contributed by atoms with E-state index in [0.29, 0.717) is 13.1 Å². The molecule has 0 fully saturated rings. The minimum Gasteiger partial charge on any atom is -0.388 e. The number of hydrogen-bond donors (Lipinski definition) is 3. The molecule has 0 aromatic carbocycles.